The fourth-order valence-electron chi connectivity index (χ4n) is 1.24. The van der Waals surface area contributed by atoms with E-state index >= 15 is 0 Å². The van der Waals surface area contributed by atoms with Gasteiger partial charge in [-0.2, -0.15) is 0 Å². The molecule has 0 aliphatic carbocycles. The van der Waals surface area contributed by atoms with Gasteiger partial charge in [0.15, 0.2) is 11.5 Å². The molecular formula is C11H12BrNO4. The lowest BCUT2D eigenvalue weighted by Gasteiger charge is -2.08. The highest BCUT2D eigenvalue weighted by atomic mass is 79.9. The van der Waals surface area contributed by atoms with Crippen molar-refractivity contribution in [3.8, 4) is 11.5 Å². The molecule has 92 valence electrons. The molecule has 0 aliphatic rings. The second kappa shape index (κ2) is 5.67. The average Bonchev–Trinajstić information content (AvgIpc) is 2.25. The molecular weight excluding hydrogens is 290 g/mol. The summed E-state index contributed by atoms with van der Waals surface area (Å²) in [6.07, 6.45) is 1.41. The van der Waals surface area contributed by atoms with Crippen LogP contribution in [0.15, 0.2) is 22.3 Å². The largest absolute Gasteiger partial charge is 0.503 e. The topological polar surface area (TPSA) is 72.6 Å². The summed E-state index contributed by atoms with van der Waals surface area (Å²) in [5.74, 6) is 0.284. The normalized spacial score (nSPS) is 11.4. The maximum Gasteiger partial charge on any atom is 0.243 e. The van der Waals surface area contributed by atoms with E-state index in [1.165, 1.54) is 13.0 Å². The number of aromatic hydroxyl groups is 1. The number of nitrogens with zero attached hydrogens (tertiary/aromatic N) is 1. The first-order valence-corrected chi connectivity index (χ1v) is 5.73. The summed E-state index contributed by atoms with van der Waals surface area (Å²) in [7, 11) is 0. The molecule has 0 radical (unpaired) electrons. The molecule has 0 atom stereocenters. The first-order valence-electron chi connectivity index (χ1n) is 4.93. The number of hydrogen-bond acceptors (Lipinski definition) is 4. The van der Waals surface area contributed by atoms with Crippen LogP contribution in [-0.2, 0) is 0 Å². The van der Waals surface area contributed by atoms with Gasteiger partial charge in [-0.25, -0.2) is 0 Å². The van der Waals surface area contributed by atoms with Crippen LogP contribution in [0.5, 0.6) is 11.5 Å². The Kier molecular flexibility index (Phi) is 4.51. The van der Waals surface area contributed by atoms with Gasteiger partial charge in [-0.05, 0) is 40.5 Å². The smallest absolute Gasteiger partial charge is 0.243 e. The third-order valence-corrected chi connectivity index (χ3v) is 2.62. The standard InChI is InChI=1S/C11H12BrNO4/c1-3-17-10-6-8(4-7(2)13(15)16)5-9(12)11(10)14/h4-6,14H,3H2,1-2H3/b7-4+. The van der Waals surface area contributed by atoms with Gasteiger partial charge in [-0.1, -0.05) is 0 Å². The second-order valence-electron chi connectivity index (χ2n) is 3.33. The Hall–Kier alpha value is -1.56. The SMILES string of the molecule is CCOc1cc(/C=C(\C)[N+](=O)[O-])cc(Br)c1O. The fourth-order valence-corrected chi connectivity index (χ4v) is 1.70. The van der Waals surface area contributed by atoms with Crippen molar-refractivity contribution in [2.24, 2.45) is 0 Å². The van der Waals surface area contributed by atoms with Crippen molar-refractivity contribution in [2.45, 2.75) is 13.8 Å². The maximum absolute atomic E-state index is 10.5. The van der Waals surface area contributed by atoms with E-state index in [4.69, 9.17) is 4.74 Å². The van der Waals surface area contributed by atoms with E-state index in [0.717, 1.165) is 0 Å². The van der Waals surface area contributed by atoms with Crippen LogP contribution < -0.4 is 4.74 Å². The Morgan fingerprint density at radius 2 is 2.29 bits per heavy atom. The minimum absolute atomic E-state index is 0.0113. The van der Waals surface area contributed by atoms with Gasteiger partial charge in [-0.15, -0.1) is 0 Å². The summed E-state index contributed by atoms with van der Waals surface area (Å²) >= 11 is 3.16. The molecule has 0 bridgehead atoms. The van der Waals surface area contributed by atoms with Crippen LogP contribution in [0.2, 0.25) is 0 Å². The number of benzene rings is 1. The van der Waals surface area contributed by atoms with Crippen molar-refractivity contribution < 1.29 is 14.8 Å². The molecule has 1 aromatic rings. The van der Waals surface area contributed by atoms with E-state index in [1.807, 2.05) is 0 Å². The monoisotopic (exact) mass is 301 g/mol. The van der Waals surface area contributed by atoms with Crippen LogP contribution >= 0.6 is 15.9 Å². The summed E-state index contributed by atoms with van der Waals surface area (Å²) in [4.78, 5) is 10.0. The molecule has 0 heterocycles. The molecule has 1 N–H and O–H groups in total. The van der Waals surface area contributed by atoms with Crippen LogP contribution in [0.3, 0.4) is 0 Å². The van der Waals surface area contributed by atoms with Gasteiger partial charge in [0, 0.05) is 13.0 Å². The summed E-state index contributed by atoms with van der Waals surface area (Å²) in [5.41, 5.74) is 0.609. The molecule has 0 spiro atoms. The number of ether oxygens (including phenoxy) is 1. The molecule has 0 unspecified atom stereocenters. The van der Waals surface area contributed by atoms with E-state index in [9.17, 15) is 15.2 Å². The van der Waals surface area contributed by atoms with E-state index in [1.54, 1.807) is 19.1 Å². The fraction of sp³-hybridized carbons (Fsp3) is 0.273. The van der Waals surface area contributed by atoms with Crippen LogP contribution in [0.4, 0.5) is 0 Å². The van der Waals surface area contributed by atoms with Crippen molar-refractivity contribution >= 4 is 22.0 Å². The van der Waals surface area contributed by atoms with E-state index in [2.05, 4.69) is 15.9 Å². The number of allylic oxidation sites excluding steroid dienone is 1. The van der Waals surface area contributed by atoms with Gasteiger partial charge >= 0.3 is 0 Å². The summed E-state index contributed by atoms with van der Waals surface area (Å²) in [6, 6.07) is 3.14. The van der Waals surface area contributed by atoms with Gasteiger partial charge in [0.1, 0.15) is 0 Å². The Bertz CT molecular complexity index is 471. The summed E-state index contributed by atoms with van der Waals surface area (Å²) in [5, 5.41) is 20.2. The Morgan fingerprint density at radius 3 is 2.82 bits per heavy atom. The minimum atomic E-state index is -0.471. The lowest BCUT2D eigenvalue weighted by Crippen LogP contribution is -1.95. The van der Waals surface area contributed by atoms with Crippen LogP contribution in [0.1, 0.15) is 19.4 Å². The van der Waals surface area contributed by atoms with Crippen molar-refractivity contribution in [1.29, 1.82) is 0 Å². The molecule has 0 saturated carbocycles. The molecule has 0 amide bonds. The lowest BCUT2D eigenvalue weighted by atomic mass is 10.2. The van der Waals surface area contributed by atoms with E-state index < -0.39 is 4.92 Å². The highest BCUT2D eigenvalue weighted by Gasteiger charge is 2.10. The Labute approximate surface area is 107 Å². The van der Waals surface area contributed by atoms with Crippen molar-refractivity contribution in [1.82, 2.24) is 0 Å². The number of hydrogen-bond donors (Lipinski definition) is 1. The molecule has 0 aromatic heterocycles. The first-order chi connectivity index (χ1) is 7.95. The third kappa shape index (κ3) is 3.45. The van der Waals surface area contributed by atoms with Gasteiger partial charge in [-0.3, -0.25) is 10.1 Å². The molecule has 17 heavy (non-hydrogen) atoms. The van der Waals surface area contributed by atoms with Crippen LogP contribution in [0, 0.1) is 10.1 Å². The minimum Gasteiger partial charge on any atom is -0.503 e. The molecule has 1 aromatic carbocycles. The van der Waals surface area contributed by atoms with Crippen LogP contribution in [0.25, 0.3) is 6.08 Å². The van der Waals surface area contributed by atoms with Gasteiger partial charge in [0.2, 0.25) is 5.70 Å². The van der Waals surface area contributed by atoms with Gasteiger partial charge in [0.25, 0.3) is 0 Å². The first kappa shape index (κ1) is 13.5. The molecule has 1 rings (SSSR count). The maximum atomic E-state index is 10.5. The molecule has 6 heteroatoms. The molecule has 5 nitrogen and oxygen atoms in total. The zero-order valence-corrected chi connectivity index (χ0v) is 11.0. The molecule has 0 saturated heterocycles. The number of rotatable bonds is 4. The molecule has 0 fully saturated rings. The number of nitro groups is 1. The zero-order chi connectivity index (χ0) is 13.0. The second-order valence-corrected chi connectivity index (χ2v) is 4.18. The quantitative estimate of drug-likeness (QED) is 0.685. The average molecular weight is 302 g/mol. The van der Waals surface area contributed by atoms with Gasteiger partial charge in [0.05, 0.1) is 16.0 Å². The third-order valence-electron chi connectivity index (χ3n) is 2.01. The summed E-state index contributed by atoms with van der Waals surface area (Å²) in [6.45, 7) is 3.60. The number of halogens is 1. The van der Waals surface area contributed by atoms with Crippen LogP contribution in [-0.4, -0.2) is 16.6 Å². The number of phenols is 1. The Balaban J connectivity index is 3.19. The highest BCUT2D eigenvalue weighted by Crippen LogP contribution is 2.36. The van der Waals surface area contributed by atoms with Crippen molar-refractivity contribution in [3.63, 3.8) is 0 Å². The summed E-state index contributed by atoms with van der Waals surface area (Å²) < 4.78 is 5.66. The van der Waals surface area contributed by atoms with Crippen molar-refractivity contribution in [2.75, 3.05) is 6.61 Å². The highest BCUT2D eigenvalue weighted by molar-refractivity contribution is 9.10. The Morgan fingerprint density at radius 1 is 1.65 bits per heavy atom. The molecule has 0 aliphatic heterocycles. The predicted molar refractivity (Wildman–Crippen MR) is 67.6 cm³/mol. The number of phenolic OH excluding ortho intramolecular Hbond substituents is 1. The van der Waals surface area contributed by atoms with E-state index in [-0.39, 0.29) is 11.4 Å². The van der Waals surface area contributed by atoms with E-state index in [0.29, 0.717) is 22.4 Å². The zero-order valence-electron chi connectivity index (χ0n) is 9.44. The predicted octanol–water partition coefficient (Wildman–Crippen LogP) is 3.19. The van der Waals surface area contributed by atoms with Crippen molar-refractivity contribution in [3.05, 3.63) is 38.0 Å². The lowest BCUT2D eigenvalue weighted by molar-refractivity contribution is -0.422. The van der Waals surface area contributed by atoms with Gasteiger partial charge < -0.3 is 9.84 Å².